The molecular weight excluding hydrogens is 1320 g/mol. The molecule has 0 aliphatic rings. The summed E-state index contributed by atoms with van der Waals surface area (Å²) in [4.78, 5) is 31.2. The minimum atomic E-state index is 0.591. The number of hydrogen-bond acceptors (Lipinski definition) is 8. The van der Waals surface area contributed by atoms with E-state index in [1.165, 1.54) is 43.1 Å². The molecule has 0 aliphatic carbocycles. The lowest BCUT2D eigenvalue weighted by Crippen LogP contribution is -2.03. The van der Waals surface area contributed by atoms with E-state index in [1.807, 2.05) is 84.9 Å². The van der Waals surface area contributed by atoms with Gasteiger partial charge < -0.3 is 18.0 Å². The van der Waals surface area contributed by atoms with E-state index in [0.717, 1.165) is 143 Å². The standard InChI is InChI=1S/C51H30N4O.C47H28N4O/c1-2-16-32(17-3-1)49-52-50(39-26-14-20-31-15-6-7-21-35(31)39)54-51(53-49)46-37-23-8-9-24-38(37)47(48-45(46)40-25-11-13-28-44(40)56-48)55-42-27-12-10-22-36(42)41-29-33-18-4-5-19-34(33)30-43(41)55;1-3-13-29(14-4-1)45-48-46(30-15-5-2-6-16-30)50-47(49-45)36-23-24-40(44-43(36)38-26-32-18-8-10-20-34(32)28-42(38)52-44)51-39-22-12-11-21-35(39)37-25-31-17-7-9-19-33(31)27-41(37)51/h1-30H;1-28H. The molecule has 23 rings (SSSR count). The summed E-state index contributed by atoms with van der Waals surface area (Å²) in [5.41, 5.74) is 15.1. The van der Waals surface area contributed by atoms with Gasteiger partial charge in [0.2, 0.25) is 0 Å². The average molecular weight is 1380 g/mol. The SMILES string of the molecule is c1ccc(-c2nc(-c3cccc4ccccc34)nc(-c3c4ccccc4c(-n4c5ccccc5c5cc6ccccc6cc54)c4oc5ccccc5c34)n2)cc1.c1ccc(-c2nc(-c3ccccc3)nc(-c3ccc(-n4c5ccccc5c5cc6ccccc6cc54)c4oc5cc6ccccc6cc5c34)n2)cc1. The van der Waals surface area contributed by atoms with Crippen molar-refractivity contribution >= 4 is 141 Å². The Kier molecular flexibility index (Phi) is 13.8. The zero-order chi connectivity index (χ0) is 70.9. The molecule has 6 heterocycles. The second kappa shape index (κ2) is 24.5. The van der Waals surface area contributed by atoms with Crippen LogP contribution in [0.5, 0.6) is 0 Å². The van der Waals surface area contributed by atoms with Gasteiger partial charge in [-0.25, -0.2) is 29.9 Å². The maximum absolute atomic E-state index is 7.06. The van der Waals surface area contributed by atoms with Crippen molar-refractivity contribution in [1.29, 1.82) is 0 Å². The number of rotatable bonds is 8. The van der Waals surface area contributed by atoms with Crippen molar-refractivity contribution in [3.05, 3.63) is 352 Å². The van der Waals surface area contributed by atoms with Crippen LogP contribution in [0.2, 0.25) is 0 Å². The van der Waals surface area contributed by atoms with E-state index >= 15 is 0 Å². The fourth-order valence-electron chi connectivity index (χ4n) is 16.5. The van der Waals surface area contributed by atoms with Gasteiger partial charge in [-0.15, -0.1) is 0 Å². The number of fused-ring (bicyclic) bond motifs is 17. The zero-order valence-electron chi connectivity index (χ0n) is 57.9. The van der Waals surface area contributed by atoms with Crippen LogP contribution < -0.4 is 0 Å². The Morgan fingerprint density at radius 3 is 1.21 bits per heavy atom. The highest BCUT2D eigenvalue weighted by Gasteiger charge is 2.29. The first kappa shape index (κ1) is 60.8. The smallest absolute Gasteiger partial charge is 0.165 e. The van der Waals surface area contributed by atoms with Crippen LogP contribution in [0.25, 0.3) is 221 Å². The van der Waals surface area contributed by atoms with Crippen LogP contribution in [-0.2, 0) is 0 Å². The van der Waals surface area contributed by atoms with Gasteiger partial charge in [-0.05, 0) is 115 Å². The van der Waals surface area contributed by atoms with Gasteiger partial charge in [0.15, 0.2) is 46.1 Å². The van der Waals surface area contributed by atoms with Gasteiger partial charge in [0.05, 0.1) is 33.4 Å². The van der Waals surface area contributed by atoms with Crippen LogP contribution in [0.15, 0.2) is 361 Å². The quantitative estimate of drug-likeness (QED) is 0.148. The molecule has 23 aromatic rings. The summed E-state index contributed by atoms with van der Waals surface area (Å²) in [5, 5.41) is 20.1. The second-order valence-corrected chi connectivity index (χ2v) is 27.6. The molecule has 10 heteroatoms. The van der Waals surface area contributed by atoms with E-state index in [-0.39, 0.29) is 0 Å². The van der Waals surface area contributed by atoms with Gasteiger partial charge in [0, 0.05) is 81.9 Å². The van der Waals surface area contributed by atoms with Gasteiger partial charge >= 0.3 is 0 Å². The summed E-state index contributed by atoms with van der Waals surface area (Å²) in [6.45, 7) is 0. The largest absolute Gasteiger partial charge is 0.454 e. The third-order valence-corrected chi connectivity index (χ3v) is 21.4. The van der Waals surface area contributed by atoms with E-state index < -0.39 is 0 Å². The molecule has 0 saturated carbocycles. The lowest BCUT2D eigenvalue weighted by molar-refractivity contribution is 0.666. The molecule has 502 valence electrons. The van der Waals surface area contributed by atoms with Crippen LogP contribution in [0, 0.1) is 0 Å². The molecule has 0 N–H and O–H groups in total. The fourth-order valence-corrected chi connectivity index (χ4v) is 16.5. The second-order valence-electron chi connectivity index (χ2n) is 27.6. The van der Waals surface area contributed by atoms with Crippen molar-refractivity contribution in [1.82, 2.24) is 39.0 Å². The number of aromatic nitrogens is 8. The Morgan fingerprint density at radius 1 is 0.213 bits per heavy atom. The summed E-state index contributed by atoms with van der Waals surface area (Å²) >= 11 is 0. The first-order valence-electron chi connectivity index (χ1n) is 36.3. The molecule has 0 saturated heterocycles. The average Bonchev–Trinajstić information content (AvgIpc) is 1.53. The van der Waals surface area contributed by atoms with Crippen LogP contribution >= 0.6 is 0 Å². The highest BCUT2D eigenvalue weighted by atomic mass is 16.3. The molecule has 10 nitrogen and oxygen atoms in total. The normalized spacial score (nSPS) is 11.9. The summed E-state index contributed by atoms with van der Waals surface area (Å²) in [6, 6.07) is 123. The number of furan rings is 2. The van der Waals surface area contributed by atoms with Crippen LogP contribution in [-0.4, -0.2) is 39.0 Å². The Balaban J connectivity index is 0.000000134. The highest BCUT2D eigenvalue weighted by Crippen LogP contribution is 2.49. The zero-order valence-corrected chi connectivity index (χ0v) is 57.9. The molecule has 0 radical (unpaired) electrons. The minimum absolute atomic E-state index is 0.591. The topological polar surface area (TPSA) is 113 Å². The lowest BCUT2D eigenvalue weighted by atomic mass is 9.95. The van der Waals surface area contributed by atoms with Crippen LogP contribution in [0.1, 0.15) is 0 Å². The molecule has 0 aliphatic heterocycles. The Hall–Kier alpha value is -14.7. The van der Waals surface area contributed by atoms with Gasteiger partial charge in [-0.3, -0.25) is 0 Å². The fraction of sp³-hybridized carbons (Fsp3) is 0. The summed E-state index contributed by atoms with van der Waals surface area (Å²) in [7, 11) is 0. The number of nitrogens with zero attached hydrogens (tertiary/aromatic N) is 8. The van der Waals surface area contributed by atoms with Crippen molar-refractivity contribution in [2.45, 2.75) is 0 Å². The van der Waals surface area contributed by atoms with Crippen molar-refractivity contribution in [3.63, 3.8) is 0 Å². The predicted octanol–water partition coefficient (Wildman–Crippen LogP) is 25.5. The molecule has 108 heavy (non-hydrogen) atoms. The van der Waals surface area contributed by atoms with Crippen LogP contribution in [0.3, 0.4) is 0 Å². The van der Waals surface area contributed by atoms with E-state index in [1.54, 1.807) is 0 Å². The third-order valence-electron chi connectivity index (χ3n) is 21.4. The monoisotopic (exact) mass is 1380 g/mol. The molecule has 0 atom stereocenters. The van der Waals surface area contributed by atoms with Gasteiger partial charge in [0.1, 0.15) is 11.2 Å². The third kappa shape index (κ3) is 9.74. The molecule has 0 bridgehead atoms. The summed E-state index contributed by atoms with van der Waals surface area (Å²) in [5.74, 6) is 3.65. The number of para-hydroxylation sites is 3. The highest BCUT2D eigenvalue weighted by molar-refractivity contribution is 6.26. The summed E-state index contributed by atoms with van der Waals surface area (Å²) in [6.07, 6.45) is 0. The van der Waals surface area contributed by atoms with E-state index in [0.29, 0.717) is 34.9 Å². The van der Waals surface area contributed by atoms with Crippen molar-refractivity contribution in [3.8, 4) is 79.7 Å². The number of hydrogen-bond donors (Lipinski definition) is 0. The molecule has 0 spiro atoms. The van der Waals surface area contributed by atoms with E-state index in [4.69, 9.17) is 38.7 Å². The predicted molar refractivity (Wildman–Crippen MR) is 443 cm³/mol. The molecule has 0 unspecified atom stereocenters. The van der Waals surface area contributed by atoms with E-state index in [9.17, 15) is 0 Å². The van der Waals surface area contributed by atoms with E-state index in [2.05, 4.69) is 276 Å². The lowest BCUT2D eigenvalue weighted by Gasteiger charge is -2.17. The maximum atomic E-state index is 7.06. The van der Waals surface area contributed by atoms with Gasteiger partial charge in [0.25, 0.3) is 0 Å². The Bertz CT molecular complexity index is 7570. The first-order valence-corrected chi connectivity index (χ1v) is 36.3. The molecular formula is C98H58N8O2. The molecule has 0 fully saturated rings. The van der Waals surface area contributed by atoms with Crippen molar-refractivity contribution < 1.29 is 8.83 Å². The number of benzene rings is 17. The molecule has 6 aromatic heterocycles. The minimum Gasteiger partial charge on any atom is -0.454 e. The summed E-state index contributed by atoms with van der Waals surface area (Å²) < 4.78 is 18.8. The Morgan fingerprint density at radius 2 is 0.620 bits per heavy atom. The Labute approximate surface area is 617 Å². The van der Waals surface area contributed by atoms with Crippen molar-refractivity contribution in [2.24, 2.45) is 0 Å². The van der Waals surface area contributed by atoms with Gasteiger partial charge in [-0.2, -0.15) is 0 Å². The van der Waals surface area contributed by atoms with Gasteiger partial charge in [-0.1, -0.05) is 285 Å². The maximum Gasteiger partial charge on any atom is 0.165 e. The molecule has 17 aromatic carbocycles. The van der Waals surface area contributed by atoms with Crippen molar-refractivity contribution in [2.75, 3.05) is 0 Å². The van der Waals surface area contributed by atoms with Crippen LogP contribution in [0.4, 0.5) is 0 Å². The molecule has 0 amide bonds. The first-order chi connectivity index (χ1) is 53.5.